The van der Waals surface area contributed by atoms with Crippen LogP contribution in [0.1, 0.15) is 43.0 Å². The minimum absolute atomic E-state index is 0.0307. The molecule has 6 nitrogen and oxygen atoms in total. The second-order valence-electron chi connectivity index (χ2n) is 6.47. The largest absolute Gasteiger partial charge is 0.352 e. The van der Waals surface area contributed by atoms with Crippen molar-refractivity contribution >= 4 is 5.91 Å². The Kier molecular flexibility index (Phi) is 5.25. The van der Waals surface area contributed by atoms with Crippen molar-refractivity contribution in [2.24, 2.45) is 0 Å². The highest BCUT2D eigenvalue weighted by Gasteiger charge is 2.25. The molecule has 6 heteroatoms. The highest BCUT2D eigenvalue weighted by molar-refractivity contribution is 5.79. The van der Waals surface area contributed by atoms with Gasteiger partial charge in [0.1, 0.15) is 18.7 Å². The van der Waals surface area contributed by atoms with Crippen molar-refractivity contribution in [2.45, 2.75) is 38.8 Å². The summed E-state index contributed by atoms with van der Waals surface area (Å²) in [5, 5.41) is 7.14. The molecule has 24 heavy (non-hydrogen) atoms. The summed E-state index contributed by atoms with van der Waals surface area (Å²) in [5.41, 5.74) is 2.51. The number of amides is 1. The smallest absolute Gasteiger partial charge is 0.244 e. The van der Waals surface area contributed by atoms with E-state index >= 15 is 0 Å². The average Bonchev–Trinajstić information content (AvgIpc) is 3.29. The van der Waals surface area contributed by atoms with E-state index < -0.39 is 0 Å². The van der Waals surface area contributed by atoms with Gasteiger partial charge < -0.3 is 5.32 Å². The molecule has 1 aliphatic rings. The molecule has 2 atom stereocenters. The molecule has 0 radical (unpaired) electrons. The maximum Gasteiger partial charge on any atom is 0.244 e. The number of benzene rings is 1. The van der Waals surface area contributed by atoms with Crippen molar-refractivity contribution in [2.75, 3.05) is 19.6 Å². The highest BCUT2D eigenvalue weighted by atomic mass is 16.2. The molecule has 1 aromatic carbocycles. The Hall–Kier alpha value is -2.21. The molecule has 0 spiro atoms. The van der Waals surface area contributed by atoms with Gasteiger partial charge in [0.05, 0.1) is 6.04 Å². The molecule has 3 rings (SSSR count). The number of hydrogen-bond acceptors (Lipinski definition) is 4. The highest BCUT2D eigenvalue weighted by Crippen LogP contribution is 2.25. The minimum Gasteiger partial charge on any atom is -0.352 e. The Morgan fingerprint density at radius 2 is 1.96 bits per heavy atom. The van der Waals surface area contributed by atoms with Gasteiger partial charge in [0.15, 0.2) is 0 Å². The number of nitrogens with one attached hydrogen (secondary N) is 1. The zero-order chi connectivity index (χ0) is 16.9. The first-order valence-electron chi connectivity index (χ1n) is 8.57. The summed E-state index contributed by atoms with van der Waals surface area (Å²) < 4.78 is 1.58. The van der Waals surface area contributed by atoms with Gasteiger partial charge in [-0.1, -0.05) is 29.8 Å². The van der Waals surface area contributed by atoms with E-state index in [2.05, 4.69) is 51.5 Å². The number of carbonyl (C=O) groups excluding carboxylic acids is 1. The van der Waals surface area contributed by atoms with Crippen LogP contribution in [0.3, 0.4) is 0 Å². The van der Waals surface area contributed by atoms with E-state index in [-0.39, 0.29) is 18.0 Å². The summed E-state index contributed by atoms with van der Waals surface area (Å²) in [7, 11) is 0. The lowest BCUT2D eigenvalue weighted by Gasteiger charge is -2.28. The van der Waals surface area contributed by atoms with Gasteiger partial charge in [0, 0.05) is 6.54 Å². The standard InChI is InChI=1S/C18H25N5O/c1-14-5-7-16(8-6-14)17(22-9-3-4-10-22)11-20-18(24)15(2)23-13-19-12-21-23/h5-8,12-13,15,17H,3-4,9-11H2,1-2H3,(H,20,24)/t15-,17-/m0/s1. The lowest BCUT2D eigenvalue weighted by atomic mass is 10.0. The first-order chi connectivity index (χ1) is 11.6. The fourth-order valence-electron chi connectivity index (χ4n) is 3.18. The van der Waals surface area contributed by atoms with Crippen molar-refractivity contribution in [3.8, 4) is 0 Å². The van der Waals surface area contributed by atoms with Crippen molar-refractivity contribution in [3.63, 3.8) is 0 Å². The number of likely N-dealkylation sites (tertiary alicyclic amines) is 1. The Bertz CT molecular complexity index is 647. The zero-order valence-electron chi connectivity index (χ0n) is 14.4. The predicted molar refractivity (Wildman–Crippen MR) is 92.5 cm³/mol. The van der Waals surface area contributed by atoms with E-state index in [1.165, 1.54) is 30.3 Å². The molecule has 0 unspecified atom stereocenters. The van der Waals surface area contributed by atoms with Crippen LogP contribution < -0.4 is 5.32 Å². The first-order valence-corrected chi connectivity index (χ1v) is 8.57. The zero-order valence-corrected chi connectivity index (χ0v) is 14.4. The van der Waals surface area contributed by atoms with Crippen LogP contribution in [0.15, 0.2) is 36.9 Å². The van der Waals surface area contributed by atoms with Crippen LogP contribution in [0, 0.1) is 6.92 Å². The van der Waals surface area contributed by atoms with Gasteiger partial charge in [-0.3, -0.25) is 9.69 Å². The van der Waals surface area contributed by atoms with E-state index in [9.17, 15) is 4.79 Å². The summed E-state index contributed by atoms with van der Waals surface area (Å²) >= 11 is 0. The minimum atomic E-state index is -0.357. The fourth-order valence-corrected chi connectivity index (χ4v) is 3.18. The summed E-state index contributed by atoms with van der Waals surface area (Å²) in [5.74, 6) is -0.0307. The molecule has 1 aliphatic heterocycles. The molecule has 128 valence electrons. The normalized spacial score (nSPS) is 17.6. The second-order valence-corrected chi connectivity index (χ2v) is 6.47. The van der Waals surface area contributed by atoms with Crippen LogP contribution in [-0.4, -0.2) is 45.2 Å². The van der Waals surface area contributed by atoms with Crippen LogP contribution in [0.2, 0.25) is 0 Å². The summed E-state index contributed by atoms with van der Waals surface area (Å²) in [4.78, 5) is 18.8. The summed E-state index contributed by atoms with van der Waals surface area (Å²) in [6.07, 6.45) is 5.47. The first kappa shape index (κ1) is 16.6. The number of aromatic nitrogens is 3. The van der Waals surface area contributed by atoms with E-state index in [1.54, 1.807) is 11.0 Å². The van der Waals surface area contributed by atoms with Gasteiger partial charge in [0.2, 0.25) is 5.91 Å². The van der Waals surface area contributed by atoms with Gasteiger partial charge in [0.25, 0.3) is 0 Å². The van der Waals surface area contributed by atoms with Crippen LogP contribution >= 0.6 is 0 Å². The molecule has 2 heterocycles. The van der Waals surface area contributed by atoms with E-state index in [0.717, 1.165) is 13.1 Å². The molecule has 1 amide bonds. The van der Waals surface area contributed by atoms with Gasteiger partial charge in [-0.2, -0.15) is 5.10 Å². The lowest BCUT2D eigenvalue weighted by molar-refractivity contribution is -0.124. The van der Waals surface area contributed by atoms with Gasteiger partial charge in [-0.25, -0.2) is 9.67 Å². The fraction of sp³-hybridized carbons (Fsp3) is 0.500. The van der Waals surface area contributed by atoms with Gasteiger partial charge in [-0.15, -0.1) is 0 Å². The molecule has 1 saturated heterocycles. The third-order valence-electron chi connectivity index (χ3n) is 4.73. The predicted octanol–water partition coefficient (Wildman–Crippen LogP) is 2.10. The molecule has 1 fully saturated rings. The molecule has 0 saturated carbocycles. The van der Waals surface area contributed by atoms with Crippen molar-refractivity contribution in [1.82, 2.24) is 25.0 Å². The van der Waals surface area contributed by atoms with E-state index in [0.29, 0.717) is 6.54 Å². The molecule has 1 aromatic heterocycles. The quantitative estimate of drug-likeness (QED) is 0.882. The number of nitrogens with zero attached hydrogens (tertiary/aromatic N) is 4. The van der Waals surface area contributed by atoms with Crippen molar-refractivity contribution < 1.29 is 4.79 Å². The molecule has 0 bridgehead atoms. The number of carbonyl (C=O) groups is 1. The lowest BCUT2D eigenvalue weighted by Crippen LogP contribution is -2.39. The van der Waals surface area contributed by atoms with E-state index in [4.69, 9.17) is 0 Å². The topological polar surface area (TPSA) is 63.1 Å². The van der Waals surface area contributed by atoms with Crippen LogP contribution in [0.4, 0.5) is 0 Å². The maximum atomic E-state index is 12.4. The second kappa shape index (κ2) is 7.57. The number of hydrogen-bond donors (Lipinski definition) is 1. The molecule has 2 aromatic rings. The van der Waals surface area contributed by atoms with Gasteiger partial charge in [-0.05, 0) is 45.3 Å². The number of rotatable bonds is 6. The molecule has 1 N–H and O–H groups in total. The Morgan fingerprint density at radius 1 is 1.25 bits per heavy atom. The number of aryl methyl sites for hydroxylation is 1. The molecular weight excluding hydrogens is 302 g/mol. The SMILES string of the molecule is Cc1ccc([C@H](CNC(=O)[C@H](C)n2cncn2)N2CCCC2)cc1. The van der Waals surface area contributed by atoms with Crippen LogP contribution in [-0.2, 0) is 4.79 Å². The monoisotopic (exact) mass is 327 g/mol. The Labute approximate surface area is 142 Å². The van der Waals surface area contributed by atoms with Gasteiger partial charge >= 0.3 is 0 Å². The van der Waals surface area contributed by atoms with Crippen LogP contribution in [0.25, 0.3) is 0 Å². The van der Waals surface area contributed by atoms with Crippen molar-refractivity contribution in [1.29, 1.82) is 0 Å². The Morgan fingerprint density at radius 3 is 2.58 bits per heavy atom. The third-order valence-corrected chi connectivity index (χ3v) is 4.73. The summed E-state index contributed by atoms with van der Waals surface area (Å²) in [6.45, 7) is 6.72. The molecule has 0 aliphatic carbocycles. The maximum absolute atomic E-state index is 12.4. The van der Waals surface area contributed by atoms with E-state index in [1.807, 2.05) is 6.92 Å². The van der Waals surface area contributed by atoms with Crippen LogP contribution in [0.5, 0.6) is 0 Å². The van der Waals surface area contributed by atoms with Crippen molar-refractivity contribution in [3.05, 3.63) is 48.0 Å². The molecular formula is C18H25N5O. The average molecular weight is 327 g/mol. The third kappa shape index (κ3) is 3.82. The summed E-state index contributed by atoms with van der Waals surface area (Å²) in [6, 6.07) is 8.48. The Balaban J connectivity index is 1.67.